The number of nitrogens with one attached hydrogen (secondary N) is 1. The summed E-state index contributed by atoms with van der Waals surface area (Å²) in [6, 6.07) is 0. The maximum absolute atomic E-state index is 10.1. The minimum atomic E-state index is -3.91. The van der Waals surface area contributed by atoms with Gasteiger partial charge in [-0.15, -0.1) is 0 Å². The van der Waals surface area contributed by atoms with E-state index >= 15 is 0 Å². The van der Waals surface area contributed by atoms with E-state index in [-0.39, 0.29) is 0 Å². The molecule has 0 heterocycles. The Morgan fingerprint density at radius 3 is 2.22 bits per heavy atom. The minimum absolute atomic E-state index is 0.810. The van der Waals surface area contributed by atoms with Crippen molar-refractivity contribution < 1.29 is 13.2 Å². The van der Waals surface area contributed by atoms with Gasteiger partial charge in [-0.05, 0) is 6.08 Å². The van der Waals surface area contributed by atoms with E-state index in [2.05, 4.69) is 11.7 Å². The van der Waals surface area contributed by atoms with Crippen LogP contribution in [0, 0.1) is 0 Å². The number of hydrogen-bond acceptors (Lipinski definition) is 3. The number of nitrogens with two attached hydrogens (primary N) is 1. The van der Waals surface area contributed by atoms with E-state index in [1.807, 2.05) is 0 Å². The lowest BCUT2D eigenvalue weighted by atomic mass is 10.6. The Bertz CT molecular complexity index is 217. The van der Waals surface area contributed by atoms with Crippen LogP contribution in [0.5, 0.6) is 0 Å². The molecule has 0 saturated carbocycles. The van der Waals surface area contributed by atoms with E-state index in [9.17, 15) is 13.2 Å². The fourth-order valence-corrected chi connectivity index (χ4v) is 0.546. The molecule has 6 heteroatoms. The molecular weight excluding hydrogens is 144 g/mol. The summed E-state index contributed by atoms with van der Waals surface area (Å²) in [7, 11) is -3.91. The second kappa shape index (κ2) is 2.60. The Hall–Kier alpha value is -0.880. The van der Waals surface area contributed by atoms with Crippen molar-refractivity contribution in [3.05, 3.63) is 12.7 Å². The highest BCUT2D eigenvalue weighted by atomic mass is 32.2. The van der Waals surface area contributed by atoms with Gasteiger partial charge in [-0.2, -0.15) is 8.42 Å². The molecule has 0 aromatic rings. The highest BCUT2D eigenvalue weighted by Gasteiger charge is 2.02. The predicted molar refractivity (Wildman–Crippen MR) is 31.4 cm³/mol. The first-order valence-corrected chi connectivity index (χ1v) is 3.47. The largest absolute Gasteiger partial charge is 0.298 e. The SMILES string of the molecule is C=CC(=O)NS(N)(=O)=O. The third-order valence-corrected chi connectivity index (χ3v) is 0.914. The van der Waals surface area contributed by atoms with Gasteiger partial charge in [0.1, 0.15) is 0 Å². The number of rotatable bonds is 2. The molecule has 0 radical (unpaired) electrons. The van der Waals surface area contributed by atoms with Gasteiger partial charge in [0, 0.05) is 0 Å². The molecule has 0 fully saturated rings. The van der Waals surface area contributed by atoms with Crippen LogP contribution in [0.25, 0.3) is 0 Å². The lowest BCUT2D eigenvalue weighted by Gasteiger charge is -1.93. The van der Waals surface area contributed by atoms with Crippen molar-refractivity contribution in [1.82, 2.24) is 4.72 Å². The van der Waals surface area contributed by atoms with Crippen LogP contribution in [0.4, 0.5) is 0 Å². The minimum Gasteiger partial charge on any atom is -0.269 e. The number of amides is 1. The van der Waals surface area contributed by atoms with Crippen LogP contribution < -0.4 is 9.86 Å². The molecule has 0 rings (SSSR count). The van der Waals surface area contributed by atoms with Crippen LogP contribution in [0.3, 0.4) is 0 Å². The highest BCUT2D eigenvalue weighted by Crippen LogP contribution is 1.69. The molecule has 0 unspecified atom stereocenters. The summed E-state index contributed by atoms with van der Waals surface area (Å²) < 4.78 is 21.5. The van der Waals surface area contributed by atoms with E-state index in [0.717, 1.165) is 6.08 Å². The van der Waals surface area contributed by atoms with Gasteiger partial charge >= 0.3 is 0 Å². The highest BCUT2D eigenvalue weighted by molar-refractivity contribution is 7.87. The van der Waals surface area contributed by atoms with Crippen molar-refractivity contribution in [3.8, 4) is 0 Å². The lowest BCUT2D eigenvalue weighted by Crippen LogP contribution is -2.34. The van der Waals surface area contributed by atoms with Crippen LogP contribution in [0.2, 0.25) is 0 Å². The maximum atomic E-state index is 10.1. The summed E-state index contributed by atoms with van der Waals surface area (Å²) in [6.07, 6.45) is 0.810. The summed E-state index contributed by atoms with van der Waals surface area (Å²) in [5.41, 5.74) is 0. The Morgan fingerprint density at radius 1 is 1.67 bits per heavy atom. The van der Waals surface area contributed by atoms with Crippen molar-refractivity contribution in [3.63, 3.8) is 0 Å². The molecule has 1 amide bonds. The van der Waals surface area contributed by atoms with Crippen LogP contribution >= 0.6 is 0 Å². The number of carbonyl (C=O) groups excluding carboxylic acids is 1. The quantitative estimate of drug-likeness (QED) is 0.469. The summed E-state index contributed by atoms with van der Waals surface area (Å²) in [5, 5.41) is 4.40. The number of carbonyl (C=O) groups is 1. The molecule has 3 N–H and O–H groups in total. The van der Waals surface area contributed by atoms with Crippen molar-refractivity contribution in [2.24, 2.45) is 5.14 Å². The summed E-state index contributed by atoms with van der Waals surface area (Å²) >= 11 is 0. The zero-order chi connectivity index (χ0) is 7.49. The van der Waals surface area contributed by atoms with Gasteiger partial charge in [-0.1, -0.05) is 6.58 Å². The molecule has 0 aliphatic rings. The fraction of sp³-hybridized carbons (Fsp3) is 0. The van der Waals surface area contributed by atoms with E-state index in [0.29, 0.717) is 0 Å². The smallest absolute Gasteiger partial charge is 0.269 e. The van der Waals surface area contributed by atoms with Crippen molar-refractivity contribution >= 4 is 16.1 Å². The molecule has 0 saturated heterocycles. The number of hydrogen-bond donors (Lipinski definition) is 2. The molecule has 5 nitrogen and oxygen atoms in total. The maximum Gasteiger partial charge on any atom is 0.298 e. The van der Waals surface area contributed by atoms with Gasteiger partial charge in [0.05, 0.1) is 0 Å². The Morgan fingerprint density at radius 2 is 2.11 bits per heavy atom. The first-order chi connectivity index (χ1) is 3.95. The Labute approximate surface area is 52.7 Å². The van der Waals surface area contributed by atoms with Crippen LogP contribution in [-0.2, 0) is 15.0 Å². The summed E-state index contributed by atoms with van der Waals surface area (Å²) in [6.45, 7) is 3.01. The molecule has 0 spiro atoms. The second-order valence-corrected chi connectivity index (χ2v) is 2.51. The van der Waals surface area contributed by atoms with Gasteiger partial charge in [0.2, 0.25) is 0 Å². The van der Waals surface area contributed by atoms with Crippen LogP contribution in [0.1, 0.15) is 0 Å². The molecule has 0 bridgehead atoms. The second-order valence-electron chi connectivity index (χ2n) is 1.22. The molecule has 0 aliphatic heterocycles. The fourth-order valence-electron chi connectivity index (χ4n) is 0.182. The molecule has 0 aromatic heterocycles. The Kier molecular flexibility index (Phi) is 2.35. The van der Waals surface area contributed by atoms with E-state index in [1.165, 1.54) is 4.72 Å². The van der Waals surface area contributed by atoms with Gasteiger partial charge in [0.15, 0.2) is 0 Å². The van der Waals surface area contributed by atoms with Gasteiger partial charge < -0.3 is 0 Å². The van der Waals surface area contributed by atoms with E-state index in [4.69, 9.17) is 0 Å². The monoisotopic (exact) mass is 150 g/mol. The summed E-state index contributed by atoms with van der Waals surface area (Å²) in [5.74, 6) is -0.836. The lowest BCUT2D eigenvalue weighted by molar-refractivity contribution is -0.114. The topological polar surface area (TPSA) is 89.3 Å². The molecule has 0 atom stereocenters. The van der Waals surface area contributed by atoms with Gasteiger partial charge in [-0.25, -0.2) is 9.86 Å². The third kappa shape index (κ3) is 4.98. The average molecular weight is 150 g/mol. The molecule has 52 valence electrons. The molecule has 0 aliphatic carbocycles. The van der Waals surface area contributed by atoms with E-state index < -0.39 is 16.1 Å². The predicted octanol–water partition coefficient (Wildman–Crippen LogP) is -1.51. The first kappa shape index (κ1) is 8.12. The first-order valence-electron chi connectivity index (χ1n) is 1.92. The zero-order valence-electron chi connectivity index (χ0n) is 4.49. The van der Waals surface area contributed by atoms with Crippen LogP contribution in [-0.4, -0.2) is 14.3 Å². The standard InChI is InChI=1S/C3H6N2O3S/c1-2-3(6)5-9(4,7)8/h2H,1H2,(H,5,6)(H2,4,7,8). The Balaban J connectivity index is 4.06. The molecule has 9 heavy (non-hydrogen) atoms. The normalized spacial score (nSPS) is 10.3. The average Bonchev–Trinajstić information content (AvgIpc) is 1.62. The van der Waals surface area contributed by atoms with Gasteiger partial charge in [0.25, 0.3) is 16.1 Å². The van der Waals surface area contributed by atoms with Crippen LogP contribution in [0.15, 0.2) is 12.7 Å². The zero-order valence-corrected chi connectivity index (χ0v) is 5.31. The summed E-state index contributed by atoms with van der Waals surface area (Å²) in [4.78, 5) is 10.1. The molecular formula is C3H6N2O3S. The molecule has 0 aromatic carbocycles. The van der Waals surface area contributed by atoms with Crippen molar-refractivity contribution in [2.45, 2.75) is 0 Å². The van der Waals surface area contributed by atoms with Crippen molar-refractivity contribution in [2.75, 3.05) is 0 Å². The third-order valence-electron chi connectivity index (χ3n) is 0.428. The van der Waals surface area contributed by atoms with Crippen molar-refractivity contribution in [1.29, 1.82) is 0 Å². The van der Waals surface area contributed by atoms with Gasteiger partial charge in [-0.3, -0.25) is 4.79 Å². The van der Waals surface area contributed by atoms with E-state index in [1.54, 1.807) is 0 Å².